The Balaban J connectivity index is 1.75. The number of aromatic nitrogens is 3. The van der Waals surface area contributed by atoms with Crippen LogP contribution >= 0.6 is 0 Å². The fraction of sp³-hybridized carbons (Fsp3) is 0.786. The second-order valence-electron chi connectivity index (χ2n) is 5.33. The molecule has 0 aromatic carbocycles. The molecule has 1 aliphatic heterocycles. The number of hydrogen-bond acceptors (Lipinski definition) is 3. The second-order valence-corrected chi connectivity index (χ2v) is 5.33. The lowest BCUT2D eigenvalue weighted by molar-refractivity contribution is 0.508. The topological polar surface area (TPSA) is 81.1 Å². The van der Waals surface area contributed by atoms with E-state index in [-0.39, 0.29) is 0 Å². The molecule has 112 valence electrons. The summed E-state index contributed by atoms with van der Waals surface area (Å²) in [6.45, 7) is 4.63. The molecule has 0 aliphatic carbocycles. The van der Waals surface area contributed by atoms with Gasteiger partial charge in [0.15, 0.2) is 11.8 Å². The number of aryl methyl sites for hydroxylation is 1. The summed E-state index contributed by atoms with van der Waals surface area (Å²) in [4.78, 5) is 4.35. The fourth-order valence-electron chi connectivity index (χ4n) is 2.47. The number of fused-ring (bicyclic) bond motifs is 1. The molecule has 0 saturated heterocycles. The average molecular weight is 278 g/mol. The highest BCUT2D eigenvalue weighted by Crippen LogP contribution is 2.14. The molecule has 6 heteroatoms. The van der Waals surface area contributed by atoms with Crippen molar-refractivity contribution in [3.05, 3.63) is 11.6 Å². The summed E-state index contributed by atoms with van der Waals surface area (Å²) in [5, 5.41) is 11.6. The summed E-state index contributed by atoms with van der Waals surface area (Å²) in [6, 6.07) is 0. The SMILES string of the molecule is CCCCCCNC(N)=NCc1nnc2n1CCCC2. The summed E-state index contributed by atoms with van der Waals surface area (Å²) >= 11 is 0. The highest BCUT2D eigenvalue weighted by molar-refractivity contribution is 5.77. The van der Waals surface area contributed by atoms with Gasteiger partial charge in [0.2, 0.25) is 0 Å². The van der Waals surface area contributed by atoms with Crippen molar-refractivity contribution in [2.75, 3.05) is 6.54 Å². The van der Waals surface area contributed by atoms with Crippen LogP contribution in [0.15, 0.2) is 4.99 Å². The zero-order valence-electron chi connectivity index (χ0n) is 12.4. The second kappa shape index (κ2) is 7.87. The van der Waals surface area contributed by atoms with Crippen molar-refractivity contribution in [2.45, 2.75) is 65.0 Å². The first-order valence-corrected chi connectivity index (χ1v) is 7.76. The van der Waals surface area contributed by atoms with E-state index in [1.165, 1.54) is 32.1 Å². The van der Waals surface area contributed by atoms with E-state index in [2.05, 4.69) is 32.0 Å². The van der Waals surface area contributed by atoms with Crippen LogP contribution in [0.5, 0.6) is 0 Å². The Morgan fingerprint density at radius 2 is 2.20 bits per heavy atom. The van der Waals surface area contributed by atoms with Crippen molar-refractivity contribution >= 4 is 5.96 Å². The van der Waals surface area contributed by atoms with Gasteiger partial charge in [-0.25, -0.2) is 4.99 Å². The minimum atomic E-state index is 0.509. The molecule has 1 aliphatic rings. The zero-order chi connectivity index (χ0) is 14.2. The molecular weight excluding hydrogens is 252 g/mol. The molecule has 0 radical (unpaired) electrons. The van der Waals surface area contributed by atoms with E-state index in [4.69, 9.17) is 5.73 Å². The van der Waals surface area contributed by atoms with E-state index in [0.29, 0.717) is 12.5 Å². The molecule has 1 aromatic rings. The van der Waals surface area contributed by atoms with E-state index in [0.717, 1.165) is 37.6 Å². The van der Waals surface area contributed by atoms with Gasteiger partial charge in [-0.2, -0.15) is 0 Å². The third-order valence-corrected chi connectivity index (χ3v) is 3.66. The number of hydrogen-bond donors (Lipinski definition) is 2. The number of nitrogens with one attached hydrogen (secondary N) is 1. The van der Waals surface area contributed by atoms with Crippen molar-refractivity contribution in [3.63, 3.8) is 0 Å². The molecule has 6 nitrogen and oxygen atoms in total. The standard InChI is InChI=1S/C14H26N6/c1-2-3-4-6-9-16-14(15)17-11-13-19-18-12-8-5-7-10-20(12)13/h2-11H2,1H3,(H3,15,16,17). The number of guanidine groups is 1. The molecular formula is C14H26N6. The first kappa shape index (κ1) is 14.8. The molecule has 2 heterocycles. The largest absolute Gasteiger partial charge is 0.370 e. The predicted molar refractivity (Wildman–Crippen MR) is 80.4 cm³/mol. The van der Waals surface area contributed by atoms with Crippen LogP contribution < -0.4 is 11.1 Å². The molecule has 2 rings (SSSR count). The van der Waals surface area contributed by atoms with Gasteiger partial charge >= 0.3 is 0 Å². The molecule has 1 aromatic heterocycles. The number of unbranched alkanes of at least 4 members (excludes halogenated alkanes) is 3. The van der Waals surface area contributed by atoms with Crippen molar-refractivity contribution < 1.29 is 0 Å². The van der Waals surface area contributed by atoms with Gasteiger partial charge in [0.1, 0.15) is 12.4 Å². The smallest absolute Gasteiger partial charge is 0.189 e. The number of nitrogens with two attached hydrogens (primary N) is 1. The summed E-state index contributed by atoms with van der Waals surface area (Å²) in [5.74, 6) is 2.53. The fourth-order valence-corrected chi connectivity index (χ4v) is 2.47. The normalized spacial score (nSPS) is 15.2. The lowest BCUT2D eigenvalue weighted by atomic mass is 10.2. The Morgan fingerprint density at radius 1 is 1.30 bits per heavy atom. The van der Waals surface area contributed by atoms with E-state index in [9.17, 15) is 0 Å². The summed E-state index contributed by atoms with van der Waals surface area (Å²) in [6.07, 6.45) is 8.36. The van der Waals surface area contributed by atoms with E-state index in [1.54, 1.807) is 0 Å². The first-order chi connectivity index (χ1) is 9.81. The van der Waals surface area contributed by atoms with Crippen molar-refractivity contribution in [1.29, 1.82) is 0 Å². The number of rotatable bonds is 7. The van der Waals surface area contributed by atoms with Gasteiger partial charge in [0.25, 0.3) is 0 Å². The van der Waals surface area contributed by atoms with Gasteiger partial charge < -0.3 is 15.6 Å². The van der Waals surface area contributed by atoms with Crippen LogP contribution in [-0.4, -0.2) is 27.3 Å². The highest BCUT2D eigenvalue weighted by atomic mass is 15.3. The Bertz CT molecular complexity index is 437. The van der Waals surface area contributed by atoms with E-state index >= 15 is 0 Å². The van der Waals surface area contributed by atoms with Gasteiger partial charge in [0, 0.05) is 19.5 Å². The van der Waals surface area contributed by atoms with Crippen LogP contribution in [0.25, 0.3) is 0 Å². The highest BCUT2D eigenvalue weighted by Gasteiger charge is 2.14. The van der Waals surface area contributed by atoms with Gasteiger partial charge in [0.05, 0.1) is 0 Å². The van der Waals surface area contributed by atoms with Crippen LogP contribution in [0.2, 0.25) is 0 Å². The Morgan fingerprint density at radius 3 is 3.05 bits per heavy atom. The number of aliphatic imine (C=N–C) groups is 1. The maximum absolute atomic E-state index is 5.86. The van der Waals surface area contributed by atoms with E-state index < -0.39 is 0 Å². The summed E-state index contributed by atoms with van der Waals surface area (Å²) in [5.41, 5.74) is 5.86. The maximum atomic E-state index is 5.86. The minimum absolute atomic E-state index is 0.509. The average Bonchev–Trinajstić information content (AvgIpc) is 2.88. The quantitative estimate of drug-likeness (QED) is 0.451. The Kier molecular flexibility index (Phi) is 5.83. The first-order valence-electron chi connectivity index (χ1n) is 7.76. The van der Waals surface area contributed by atoms with Gasteiger partial charge in [-0.1, -0.05) is 26.2 Å². The van der Waals surface area contributed by atoms with Gasteiger partial charge in [-0.3, -0.25) is 0 Å². The Hall–Kier alpha value is -1.59. The minimum Gasteiger partial charge on any atom is -0.370 e. The molecule has 3 N–H and O–H groups in total. The van der Waals surface area contributed by atoms with Crippen molar-refractivity contribution in [2.24, 2.45) is 10.7 Å². The Labute approximate surface area is 120 Å². The van der Waals surface area contributed by atoms with Crippen LogP contribution in [0.4, 0.5) is 0 Å². The summed E-state index contributed by atoms with van der Waals surface area (Å²) in [7, 11) is 0. The molecule has 0 amide bonds. The summed E-state index contributed by atoms with van der Waals surface area (Å²) < 4.78 is 2.18. The van der Waals surface area contributed by atoms with Crippen LogP contribution in [0.3, 0.4) is 0 Å². The molecule has 0 spiro atoms. The third-order valence-electron chi connectivity index (χ3n) is 3.66. The lowest BCUT2D eigenvalue weighted by Crippen LogP contribution is -2.32. The van der Waals surface area contributed by atoms with Gasteiger partial charge in [-0.15, -0.1) is 10.2 Å². The molecule has 0 unspecified atom stereocenters. The lowest BCUT2D eigenvalue weighted by Gasteiger charge is -2.13. The van der Waals surface area contributed by atoms with Gasteiger partial charge in [-0.05, 0) is 19.3 Å². The molecule has 20 heavy (non-hydrogen) atoms. The van der Waals surface area contributed by atoms with Crippen LogP contribution in [-0.2, 0) is 19.5 Å². The molecule has 0 fully saturated rings. The third kappa shape index (κ3) is 4.21. The monoisotopic (exact) mass is 278 g/mol. The molecule has 0 atom stereocenters. The maximum Gasteiger partial charge on any atom is 0.189 e. The number of nitrogens with zero attached hydrogens (tertiary/aromatic N) is 4. The molecule has 0 bridgehead atoms. The van der Waals surface area contributed by atoms with Crippen LogP contribution in [0, 0.1) is 0 Å². The van der Waals surface area contributed by atoms with E-state index in [1.807, 2.05) is 0 Å². The zero-order valence-corrected chi connectivity index (χ0v) is 12.4. The van der Waals surface area contributed by atoms with Crippen LogP contribution in [0.1, 0.15) is 57.1 Å². The molecule has 0 saturated carbocycles. The predicted octanol–water partition coefficient (Wildman–Crippen LogP) is 1.60. The van der Waals surface area contributed by atoms with Crippen molar-refractivity contribution in [3.8, 4) is 0 Å². The van der Waals surface area contributed by atoms with Crippen molar-refractivity contribution in [1.82, 2.24) is 20.1 Å².